The number of nitrogens with two attached hydrogens (primary N) is 1. The fourth-order valence-corrected chi connectivity index (χ4v) is 1.84. The zero-order chi connectivity index (χ0) is 11.2. The molecule has 77 valence electrons. The number of nitrogens with zero attached hydrogens (tertiary/aromatic N) is 2. The Kier molecular flexibility index (Phi) is 2.53. The van der Waals surface area contributed by atoms with Crippen LogP contribution in [0.1, 0.15) is 0 Å². The standard InChI is InChI=1S/C8H4Br2N3O2/c9-3-1-5-6(2-4(3)10)13(11)8(15)7(14)12-5/h1-2H,11H2. The number of hydrogen-bond donors (Lipinski definition) is 1. The number of anilines is 1. The smallest absolute Gasteiger partial charge is 0.261 e. The van der Waals surface area contributed by atoms with Gasteiger partial charge < -0.3 is 0 Å². The summed E-state index contributed by atoms with van der Waals surface area (Å²) < 4.78 is 1.47. The SMILES string of the molecule is NN1C(=O)C(=O)[N]c2cc(Br)c(Br)cc21. The van der Waals surface area contributed by atoms with E-state index in [4.69, 9.17) is 5.84 Å². The third-order valence-electron chi connectivity index (χ3n) is 1.90. The van der Waals surface area contributed by atoms with E-state index in [1.807, 2.05) is 0 Å². The monoisotopic (exact) mass is 332 g/mol. The summed E-state index contributed by atoms with van der Waals surface area (Å²) in [6.45, 7) is 0. The molecule has 1 aliphatic heterocycles. The first-order chi connectivity index (χ1) is 7.00. The molecule has 1 aromatic rings. The van der Waals surface area contributed by atoms with E-state index in [9.17, 15) is 9.59 Å². The number of rotatable bonds is 0. The maximum atomic E-state index is 11.2. The Hall–Kier alpha value is -0.920. The first kappa shape index (κ1) is 10.6. The molecule has 2 amide bonds. The minimum Gasteiger partial charge on any atom is -0.261 e. The molecule has 1 heterocycles. The van der Waals surface area contributed by atoms with Gasteiger partial charge in [0.2, 0.25) is 0 Å². The van der Waals surface area contributed by atoms with Gasteiger partial charge in [0.25, 0.3) is 0 Å². The van der Waals surface area contributed by atoms with E-state index >= 15 is 0 Å². The lowest BCUT2D eigenvalue weighted by atomic mass is 10.2. The number of amides is 2. The summed E-state index contributed by atoms with van der Waals surface area (Å²) in [6, 6.07) is 3.23. The summed E-state index contributed by atoms with van der Waals surface area (Å²) in [5.41, 5.74) is 0.770. The van der Waals surface area contributed by atoms with E-state index in [1.165, 1.54) is 0 Å². The maximum Gasteiger partial charge on any atom is 0.337 e. The van der Waals surface area contributed by atoms with E-state index in [2.05, 4.69) is 37.2 Å². The number of hydrazine groups is 1. The third-order valence-corrected chi connectivity index (χ3v) is 3.75. The third kappa shape index (κ3) is 1.66. The van der Waals surface area contributed by atoms with E-state index in [1.54, 1.807) is 12.1 Å². The highest BCUT2D eigenvalue weighted by atomic mass is 79.9. The Morgan fingerprint density at radius 1 is 1.20 bits per heavy atom. The van der Waals surface area contributed by atoms with Crippen molar-refractivity contribution in [3.8, 4) is 0 Å². The molecule has 0 unspecified atom stereocenters. The van der Waals surface area contributed by atoms with Crippen LogP contribution in [0.3, 0.4) is 0 Å². The van der Waals surface area contributed by atoms with Crippen molar-refractivity contribution in [3.63, 3.8) is 0 Å². The van der Waals surface area contributed by atoms with Crippen LogP contribution in [-0.4, -0.2) is 11.8 Å². The van der Waals surface area contributed by atoms with Gasteiger partial charge in [-0.2, -0.15) is 0 Å². The molecule has 0 spiro atoms. The average molecular weight is 334 g/mol. The maximum absolute atomic E-state index is 11.2. The predicted octanol–water partition coefficient (Wildman–Crippen LogP) is 1.19. The molecule has 2 rings (SSSR count). The highest BCUT2D eigenvalue weighted by Gasteiger charge is 2.31. The molecule has 1 radical (unpaired) electrons. The summed E-state index contributed by atoms with van der Waals surface area (Å²) in [4.78, 5) is 22.3. The average Bonchev–Trinajstić information content (AvgIpc) is 2.19. The van der Waals surface area contributed by atoms with Gasteiger partial charge in [-0.1, -0.05) is 0 Å². The Balaban J connectivity index is 2.61. The summed E-state index contributed by atoms with van der Waals surface area (Å²) in [7, 11) is 0. The molecular weight excluding hydrogens is 330 g/mol. The van der Waals surface area contributed by atoms with Gasteiger partial charge in [0.1, 0.15) is 0 Å². The lowest BCUT2D eigenvalue weighted by molar-refractivity contribution is -0.137. The summed E-state index contributed by atoms with van der Waals surface area (Å²) in [5, 5.41) is 4.41. The Bertz CT molecular complexity index is 475. The van der Waals surface area contributed by atoms with E-state index < -0.39 is 11.8 Å². The minimum absolute atomic E-state index is 0.372. The molecule has 0 atom stereocenters. The molecule has 1 aromatic carbocycles. The van der Waals surface area contributed by atoms with Gasteiger partial charge in [0.15, 0.2) is 0 Å². The van der Waals surface area contributed by atoms with Crippen LogP contribution in [0.15, 0.2) is 21.1 Å². The van der Waals surface area contributed by atoms with Crippen LogP contribution < -0.4 is 16.2 Å². The second-order valence-electron chi connectivity index (χ2n) is 2.85. The fraction of sp³-hybridized carbons (Fsp3) is 0. The number of fused-ring (bicyclic) bond motifs is 1. The molecule has 0 aliphatic carbocycles. The zero-order valence-corrected chi connectivity index (χ0v) is 10.4. The molecule has 0 bridgehead atoms. The Morgan fingerprint density at radius 3 is 2.47 bits per heavy atom. The summed E-state index contributed by atoms with van der Waals surface area (Å²) in [6.07, 6.45) is 0. The first-order valence-electron chi connectivity index (χ1n) is 3.84. The molecule has 2 N–H and O–H groups in total. The molecule has 0 saturated heterocycles. The zero-order valence-electron chi connectivity index (χ0n) is 7.20. The van der Waals surface area contributed by atoms with Crippen molar-refractivity contribution in [2.24, 2.45) is 5.84 Å². The van der Waals surface area contributed by atoms with Crippen LogP contribution in [-0.2, 0) is 9.59 Å². The molecule has 0 aromatic heterocycles. The van der Waals surface area contributed by atoms with Crippen LogP contribution in [0.4, 0.5) is 11.4 Å². The van der Waals surface area contributed by atoms with Crippen molar-refractivity contribution in [1.82, 2.24) is 5.32 Å². The number of benzene rings is 1. The van der Waals surface area contributed by atoms with E-state index in [0.29, 0.717) is 11.4 Å². The van der Waals surface area contributed by atoms with Crippen LogP contribution >= 0.6 is 31.9 Å². The highest BCUT2D eigenvalue weighted by molar-refractivity contribution is 9.13. The molecule has 7 heteroatoms. The second-order valence-corrected chi connectivity index (χ2v) is 4.56. The van der Waals surface area contributed by atoms with Gasteiger partial charge in [0, 0.05) is 8.95 Å². The second kappa shape index (κ2) is 3.58. The number of halogens is 2. The summed E-state index contributed by atoms with van der Waals surface area (Å²) >= 11 is 6.54. The molecule has 5 nitrogen and oxygen atoms in total. The number of carbonyl (C=O) groups excluding carboxylic acids is 2. The molecular formula is C8H4Br2N3O2. The van der Waals surface area contributed by atoms with Crippen LogP contribution in [0, 0.1) is 0 Å². The quantitative estimate of drug-likeness (QED) is 0.440. The van der Waals surface area contributed by atoms with Gasteiger partial charge in [-0.25, -0.2) is 16.2 Å². The fourth-order valence-electron chi connectivity index (χ4n) is 1.18. The normalized spacial score (nSPS) is 15.0. The van der Waals surface area contributed by atoms with Gasteiger partial charge in [0.05, 0.1) is 11.4 Å². The van der Waals surface area contributed by atoms with E-state index in [0.717, 1.165) is 14.0 Å². The summed E-state index contributed by atoms with van der Waals surface area (Å²) in [5.74, 6) is 3.77. The number of carbonyl (C=O) groups is 2. The molecule has 1 aliphatic rings. The first-order valence-corrected chi connectivity index (χ1v) is 5.43. The van der Waals surface area contributed by atoms with Crippen LogP contribution in [0.25, 0.3) is 0 Å². The number of hydrogen-bond acceptors (Lipinski definition) is 3. The van der Waals surface area contributed by atoms with Crippen molar-refractivity contribution in [3.05, 3.63) is 21.1 Å². The van der Waals surface area contributed by atoms with Crippen molar-refractivity contribution in [2.75, 3.05) is 5.01 Å². The molecule has 15 heavy (non-hydrogen) atoms. The van der Waals surface area contributed by atoms with Crippen LogP contribution in [0.5, 0.6) is 0 Å². The van der Waals surface area contributed by atoms with Gasteiger partial charge >= 0.3 is 11.8 Å². The van der Waals surface area contributed by atoms with Crippen molar-refractivity contribution in [1.29, 1.82) is 0 Å². The Labute approximate surface area is 102 Å². The minimum atomic E-state index is -0.862. The van der Waals surface area contributed by atoms with Gasteiger partial charge in [-0.05, 0) is 44.0 Å². The predicted molar refractivity (Wildman–Crippen MR) is 60.3 cm³/mol. The Morgan fingerprint density at radius 2 is 1.80 bits per heavy atom. The van der Waals surface area contributed by atoms with Gasteiger partial charge in [-0.15, -0.1) is 0 Å². The highest BCUT2D eigenvalue weighted by Crippen LogP contribution is 2.36. The topological polar surface area (TPSA) is 77.5 Å². The van der Waals surface area contributed by atoms with Crippen molar-refractivity contribution in [2.45, 2.75) is 0 Å². The largest absolute Gasteiger partial charge is 0.337 e. The molecule has 0 saturated carbocycles. The van der Waals surface area contributed by atoms with Gasteiger partial charge in [-0.3, -0.25) is 9.59 Å². The van der Waals surface area contributed by atoms with Crippen molar-refractivity contribution >= 4 is 55.0 Å². The van der Waals surface area contributed by atoms with Crippen LogP contribution in [0.2, 0.25) is 0 Å². The molecule has 0 fully saturated rings. The van der Waals surface area contributed by atoms with E-state index in [-0.39, 0.29) is 0 Å². The van der Waals surface area contributed by atoms with Crippen molar-refractivity contribution < 1.29 is 9.59 Å². The lowest BCUT2D eigenvalue weighted by Crippen LogP contribution is -2.47. The lowest BCUT2D eigenvalue weighted by Gasteiger charge is -2.23.